The molecule has 94 valence electrons. The highest BCUT2D eigenvalue weighted by Gasteiger charge is 2.19. The van der Waals surface area contributed by atoms with Gasteiger partial charge in [-0.05, 0) is 18.6 Å². The number of ether oxygens (including phenoxy) is 1. The molecule has 0 aromatic heterocycles. The molecule has 0 saturated heterocycles. The van der Waals surface area contributed by atoms with Crippen LogP contribution in [0.2, 0.25) is 0 Å². The van der Waals surface area contributed by atoms with Crippen LogP contribution in [0.4, 0.5) is 5.69 Å². The standard InChI is InChI=1S/C9H9NO5.C2H6/c1-5-3-6(9(12)15-2)4-7(8(5)11)10(13)14;1-2/h3-4,11H,1-2H3;1-2H3. The molecule has 0 aliphatic carbocycles. The predicted molar refractivity (Wildman–Crippen MR) is 62.2 cm³/mol. The molecule has 6 heteroatoms. The normalized spacial score (nSPS) is 8.94. The summed E-state index contributed by atoms with van der Waals surface area (Å²) in [5, 5.41) is 19.9. The maximum absolute atomic E-state index is 11.1. The summed E-state index contributed by atoms with van der Waals surface area (Å²) in [6.45, 7) is 5.47. The zero-order valence-corrected chi connectivity index (χ0v) is 10.2. The molecule has 0 atom stereocenters. The van der Waals surface area contributed by atoms with Crippen molar-refractivity contribution in [3.05, 3.63) is 33.4 Å². The van der Waals surface area contributed by atoms with Crippen molar-refractivity contribution in [2.24, 2.45) is 0 Å². The molecule has 0 aliphatic heterocycles. The van der Waals surface area contributed by atoms with E-state index in [1.54, 1.807) is 0 Å². The first-order valence-electron chi connectivity index (χ1n) is 5.03. The van der Waals surface area contributed by atoms with E-state index in [1.807, 2.05) is 13.8 Å². The minimum Gasteiger partial charge on any atom is -0.502 e. The predicted octanol–water partition coefficient (Wildman–Crippen LogP) is 2.42. The van der Waals surface area contributed by atoms with Gasteiger partial charge in [0.05, 0.1) is 17.6 Å². The number of benzene rings is 1. The third kappa shape index (κ3) is 3.44. The minimum atomic E-state index is -0.755. The van der Waals surface area contributed by atoms with Gasteiger partial charge in [0.25, 0.3) is 0 Å². The van der Waals surface area contributed by atoms with Crippen LogP contribution in [-0.2, 0) is 4.74 Å². The number of aromatic hydroxyl groups is 1. The number of aryl methyl sites for hydroxylation is 1. The van der Waals surface area contributed by atoms with Crippen LogP contribution < -0.4 is 0 Å². The van der Waals surface area contributed by atoms with Gasteiger partial charge in [0.15, 0.2) is 5.75 Å². The van der Waals surface area contributed by atoms with Crippen molar-refractivity contribution in [3.63, 3.8) is 0 Å². The molecule has 0 bridgehead atoms. The Hall–Kier alpha value is -2.11. The van der Waals surface area contributed by atoms with E-state index < -0.39 is 22.3 Å². The molecule has 0 unspecified atom stereocenters. The van der Waals surface area contributed by atoms with Crippen LogP contribution in [0.3, 0.4) is 0 Å². The van der Waals surface area contributed by atoms with Gasteiger partial charge in [0, 0.05) is 6.07 Å². The Kier molecular flexibility index (Phi) is 5.66. The van der Waals surface area contributed by atoms with Crippen molar-refractivity contribution in [2.75, 3.05) is 7.11 Å². The van der Waals surface area contributed by atoms with Gasteiger partial charge in [-0.25, -0.2) is 4.79 Å². The van der Waals surface area contributed by atoms with E-state index in [1.165, 1.54) is 20.1 Å². The van der Waals surface area contributed by atoms with Crippen LogP contribution in [0.25, 0.3) is 0 Å². The number of nitro groups is 1. The molecule has 0 heterocycles. The quantitative estimate of drug-likeness (QED) is 0.488. The van der Waals surface area contributed by atoms with Gasteiger partial charge in [0.2, 0.25) is 0 Å². The molecule has 0 saturated carbocycles. The zero-order chi connectivity index (χ0) is 13.6. The smallest absolute Gasteiger partial charge is 0.338 e. The molecule has 0 spiro atoms. The van der Waals surface area contributed by atoms with Crippen LogP contribution in [0.15, 0.2) is 12.1 Å². The third-order valence-corrected chi connectivity index (χ3v) is 1.90. The fourth-order valence-corrected chi connectivity index (χ4v) is 1.14. The molecular weight excluding hydrogens is 226 g/mol. The van der Waals surface area contributed by atoms with Crippen LogP contribution in [0.5, 0.6) is 5.75 Å². The number of nitro benzene ring substituents is 1. The number of hydrogen-bond acceptors (Lipinski definition) is 5. The summed E-state index contributed by atoms with van der Waals surface area (Å²) in [6, 6.07) is 2.31. The maximum Gasteiger partial charge on any atom is 0.338 e. The van der Waals surface area contributed by atoms with E-state index in [2.05, 4.69) is 4.74 Å². The number of carbonyl (C=O) groups excluding carboxylic acids is 1. The van der Waals surface area contributed by atoms with Gasteiger partial charge in [-0.15, -0.1) is 0 Å². The van der Waals surface area contributed by atoms with Crippen LogP contribution >= 0.6 is 0 Å². The van der Waals surface area contributed by atoms with Crippen molar-refractivity contribution >= 4 is 11.7 Å². The van der Waals surface area contributed by atoms with Crippen molar-refractivity contribution in [1.29, 1.82) is 0 Å². The number of nitrogens with zero attached hydrogens (tertiary/aromatic N) is 1. The molecule has 1 aromatic carbocycles. The van der Waals surface area contributed by atoms with E-state index in [-0.39, 0.29) is 11.1 Å². The number of hydrogen-bond donors (Lipinski definition) is 1. The average molecular weight is 241 g/mol. The summed E-state index contributed by atoms with van der Waals surface area (Å²) in [5.41, 5.74) is -0.209. The SMILES string of the molecule is CC.COC(=O)c1cc(C)c(O)c([N+](=O)[O-])c1. The zero-order valence-electron chi connectivity index (χ0n) is 10.2. The lowest BCUT2D eigenvalue weighted by molar-refractivity contribution is -0.385. The van der Waals surface area contributed by atoms with Crippen molar-refractivity contribution < 1.29 is 19.6 Å². The summed E-state index contributed by atoms with van der Waals surface area (Å²) in [5.74, 6) is -1.12. The van der Waals surface area contributed by atoms with E-state index in [9.17, 15) is 20.0 Å². The van der Waals surface area contributed by atoms with Crippen LogP contribution in [0.1, 0.15) is 29.8 Å². The number of phenols is 1. The maximum atomic E-state index is 11.1. The Morgan fingerprint density at radius 3 is 2.35 bits per heavy atom. The van der Waals surface area contributed by atoms with Crippen LogP contribution in [0, 0.1) is 17.0 Å². The first kappa shape index (κ1) is 14.9. The second-order valence-corrected chi connectivity index (χ2v) is 2.91. The molecule has 1 N–H and O–H groups in total. The minimum absolute atomic E-state index is 0.0412. The number of carbonyl (C=O) groups is 1. The summed E-state index contributed by atoms with van der Waals surface area (Å²) in [7, 11) is 1.18. The lowest BCUT2D eigenvalue weighted by atomic mass is 10.1. The average Bonchev–Trinajstić information content (AvgIpc) is 2.33. The topological polar surface area (TPSA) is 89.7 Å². The molecule has 0 amide bonds. The summed E-state index contributed by atoms with van der Waals surface area (Å²) >= 11 is 0. The second kappa shape index (κ2) is 6.47. The summed E-state index contributed by atoms with van der Waals surface area (Å²) < 4.78 is 4.42. The molecule has 17 heavy (non-hydrogen) atoms. The van der Waals surface area contributed by atoms with Gasteiger partial charge in [-0.3, -0.25) is 10.1 Å². The first-order valence-corrected chi connectivity index (χ1v) is 5.03. The number of rotatable bonds is 2. The first-order chi connectivity index (χ1) is 7.97. The Morgan fingerprint density at radius 1 is 1.41 bits per heavy atom. The Labute approximate surface area is 99.0 Å². The largest absolute Gasteiger partial charge is 0.502 e. The van der Waals surface area contributed by atoms with E-state index in [4.69, 9.17) is 0 Å². The number of methoxy groups -OCH3 is 1. The molecule has 0 fully saturated rings. The van der Waals surface area contributed by atoms with Crippen LogP contribution in [-0.4, -0.2) is 23.1 Å². The van der Waals surface area contributed by atoms with Crippen molar-refractivity contribution in [1.82, 2.24) is 0 Å². The third-order valence-electron chi connectivity index (χ3n) is 1.90. The number of esters is 1. The highest BCUT2D eigenvalue weighted by atomic mass is 16.6. The molecule has 0 aliphatic rings. The Morgan fingerprint density at radius 2 is 1.94 bits per heavy atom. The van der Waals surface area contributed by atoms with Gasteiger partial charge < -0.3 is 9.84 Å². The monoisotopic (exact) mass is 241 g/mol. The van der Waals surface area contributed by atoms with E-state index in [0.29, 0.717) is 0 Å². The molecule has 1 rings (SSSR count). The van der Waals surface area contributed by atoms with Crippen molar-refractivity contribution in [2.45, 2.75) is 20.8 Å². The van der Waals surface area contributed by atoms with Gasteiger partial charge in [0.1, 0.15) is 0 Å². The molecule has 1 aromatic rings. The summed E-state index contributed by atoms with van der Waals surface area (Å²) in [6.07, 6.45) is 0. The van der Waals surface area contributed by atoms with E-state index in [0.717, 1.165) is 6.07 Å². The molecule has 6 nitrogen and oxygen atoms in total. The van der Waals surface area contributed by atoms with Crippen molar-refractivity contribution in [3.8, 4) is 5.75 Å². The lowest BCUT2D eigenvalue weighted by Crippen LogP contribution is -2.03. The summed E-state index contributed by atoms with van der Waals surface area (Å²) in [4.78, 5) is 20.9. The highest BCUT2D eigenvalue weighted by Crippen LogP contribution is 2.30. The fourth-order valence-electron chi connectivity index (χ4n) is 1.14. The van der Waals surface area contributed by atoms with E-state index >= 15 is 0 Å². The fraction of sp³-hybridized carbons (Fsp3) is 0.364. The Bertz CT molecular complexity index is 428. The lowest BCUT2D eigenvalue weighted by Gasteiger charge is -2.03. The Balaban J connectivity index is 0.00000121. The number of phenolic OH excluding ortho intramolecular Hbond substituents is 1. The highest BCUT2D eigenvalue weighted by molar-refractivity contribution is 5.91. The van der Waals surface area contributed by atoms with Gasteiger partial charge >= 0.3 is 11.7 Å². The molecular formula is C11H15NO5. The van der Waals surface area contributed by atoms with Gasteiger partial charge in [-0.1, -0.05) is 13.8 Å². The second-order valence-electron chi connectivity index (χ2n) is 2.91. The molecule has 0 radical (unpaired) electrons. The van der Waals surface area contributed by atoms with Gasteiger partial charge in [-0.2, -0.15) is 0 Å².